The van der Waals surface area contributed by atoms with Gasteiger partial charge in [-0.05, 0) is 47.5 Å². The van der Waals surface area contributed by atoms with E-state index in [0.717, 1.165) is 21.3 Å². The Morgan fingerprint density at radius 1 is 0.933 bits per heavy atom. The van der Waals surface area contributed by atoms with Gasteiger partial charge in [0.1, 0.15) is 12.4 Å². The summed E-state index contributed by atoms with van der Waals surface area (Å²) < 4.78 is 6.70. The maximum Gasteiger partial charge on any atom is 0.226 e. The van der Waals surface area contributed by atoms with E-state index in [1.807, 2.05) is 66.7 Å². The zero-order chi connectivity index (χ0) is 21.3. The highest BCUT2D eigenvalue weighted by Crippen LogP contribution is 2.22. The van der Waals surface area contributed by atoms with Gasteiger partial charge in [0.15, 0.2) is 0 Å². The van der Waals surface area contributed by atoms with E-state index < -0.39 is 6.04 Å². The quantitative estimate of drug-likeness (QED) is 0.477. The van der Waals surface area contributed by atoms with Crippen molar-refractivity contribution in [3.05, 3.63) is 94.5 Å². The normalized spacial score (nSPS) is 11.4. The molecule has 0 spiro atoms. The second kappa shape index (κ2) is 10.6. The van der Waals surface area contributed by atoms with Crippen molar-refractivity contribution in [2.75, 3.05) is 5.32 Å². The van der Waals surface area contributed by atoms with Crippen LogP contribution in [0.25, 0.3) is 0 Å². The van der Waals surface area contributed by atoms with E-state index in [1.54, 1.807) is 12.1 Å². The molecule has 154 valence electrons. The number of nitrogens with one attached hydrogen (secondary N) is 2. The van der Waals surface area contributed by atoms with Gasteiger partial charge in [-0.1, -0.05) is 58.4 Å². The number of benzene rings is 3. The molecule has 0 aliphatic rings. The summed E-state index contributed by atoms with van der Waals surface area (Å²) in [5.74, 6) is 0.355. The highest BCUT2D eigenvalue weighted by Gasteiger charge is 2.17. The van der Waals surface area contributed by atoms with Gasteiger partial charge in [0.25, 0.3) is 0 Å². The van der Waals surface area contributed by atoms with E-state index in [-0.39, 0.29) is 18.2 Å². The van der Waals surface area contributed by atoms with E-state index in [9.17, 15) is 9.59 Å². The van der Waals surface area contributed by atoms with Gasteiger partial charge in [0.05, 0.1) is 12.5 Å². The highest BCUT2D eigenvalue weighted by molar-refractivity contribution is 9.10. The molecule has 1 unspecified atom stereocenters. The summed E-state index contributed by atoms with van der Waals surface area (Å²) in [6.07, 6.45) is 0.132. The second-order valence-electron chi connectivity index (χ2n) is 6.86. The number of hydrogen-bond acceptors (Lipinski definition) is 3. The fourth-order valence-corrected chi connectivity index (χ4v) is 3.23. The molecule has 0 fully saturated rings. The minimum Gasteiger partial charge on any atom is -0.489 e. The van der Waals surface area contributed by atoms with Crippen LogP contribution >= 0.6 is 15.9 Å². The Labute approximate surface area is 184 Å². The van der Waals surface area contributed by atoms with Gasteiger partial charge in [0, 0.05) is 17.1 Å². The van der Waals surface area contributed by atoms with Crippen LogP contribution < -0.4 is 15.4 Å². The topological polar surface area (TPSA) is 67.4 Å². The lowest BCUT2D eigenvalue weighted by Crippen LogP contribution is -2.29. The van der Waals surface area contributed by atoms with Gasteiger partial charge in [-0.2, -0.15) is 0 Å². The lowest BCUT2D eigenvalue weighted by molar-refractivity contribution is -0.120. The van der Waals surface area contributed by atoms with Crippen LogP contribution in [0.5, 0.6) is 5.75 Å². The molecule has 0 saturated heterocycles. The van der Waals surface area contributed by atoms with Gasteiger partial charge < -0.3 is 15.4 Å². The molecule has 0 aliphatic carbocycles. The predicted molar refractivity (Wildman–Crippen MR) is 121 cm³/mol. The predicted octanol–water partition coefficient (Wildman–Crippen LogP) is 5.23. The number of carbonyl (C=O) groups excluding carboxylic acids is 2. The third-order valence-corrected chi connectivity index (χ3v) is 4.95. The van der Waals surface area contributed by atoms with Crippen LogP contribution in [0, 0.1) is 0 Å². The first-order chi connectivity index (χ1) is 14.5. The SMILES string of the molecule is CC(=O)NC(CC(=O)Nc1ccc(OCc2ccccc2)cc1)c1ccc(Br)cc1. The summed E-state index contributed by atoms with van der Waals surface area (Å²) >= 11 is 3.39. The maximum absolute atomic E-state index is 12.5. The van der Waals surface area contributed by atoms with Crippen molar-refractivity contribution >= 4 is 33.4 Å². The number of anilines is 1. The van der Waals surface area contributed by atoms with Crippen LogP contribution in [-0.2, 0) is 16.2 Å². The first kappa shape index (κ1) is 21.6. The van der Waals surface area contributed by atoms with Gasteiger partial charge in [-0.25, -0.2) is 0 Å². The largest absolute Gasteiger partial charge is 0.489 e. The zero-order valence-corrected chi connectivity index (χ0v) is 18.2. The minimum atomic E-state index is -0.399. The van der Waals surface area contributed by atoms with Crippen molar-refractivity contribution in [3.63, 3.8) is 0 Å². The number of amides is 2. The van der Waals surface area contributed by atoms with Crippen LogP contribution in [0.4, 0.5) is 5.69 Å². The lowest BCUT2D eigenvalue weighted by atomic mass is 10.0. The Morgan fingerprint density at radius 2 is 1.60 bits per heavy atom. The second-order valence-corrected chi connectivity index (χ2v) is 7.77. The van der Waals surface area contributed by atoms with Crippen molar-refractivity contribution in [1.29, 1.82) is 0 Å². The molecule has 2 N–H and O–H groups in total. The van der Waals surface area contributed by atoms with E-state index >= 15 is 0 Å². The minimum absolute atomic E-state index is 0.132. The molecule has 5 nitrogen and oxygen atoms in total. The number of hydrogen-bond donors (Lipinski definition) is 2. The maximum atomic E-state index is 12.5. The zero-order valence-electron chi connectivity index (χ0n) is 16.6. The monoisotopic (exact) mass is 466 g/mol. The van der Waals surface area contributed by atoms with Gasteiger partial charge in [-0.15, -0.1) is 0 Å². The van der Waals surface area contributed by atoms with Crippen LogP contribution in [0.1, 0.15) is 30.5 Å². The van der Waals surface area contributed by atoms with E-state index in [4.69, 9.17) is 4.74 Å². The van der Waals surface area contributed by atoms with E-state index in [1.165, 1.54) is 6.92 Å². The van der Waals surface area contributed by atoms with Crippen molar-refractivity contribution < 1.29 is 14.3 Å². The third-order valence-electron chi connectivity index (χ3n) is 4.43. The fourth-order valence-electron chi connectivity index (χ4n) is 2.97. The first-order valence-electron chi connectivity index (χ1n) is 9.59. The Hall–Kier alpha value is -3.12. The molecule has 3 aromatic carbocycles. The highest BCUT2D eigenvalue weighted by atomic mass is 79.9. The Balaban J connectivity index is 1.57. The van der Waals surface area contributed by atoms with Crippen molar-refractivity contribution in [2.24, 2.45) is 0 Å². The molecule has 0 bridgehead atoms. The molecule has 0 saturated carbocycles. The van der Waals surface area contributed by atoms with Gasteiger partial charge in [0.2, 0.25) is 11.8 Å². The molecule has 0 radical (unpaired) electrons. The van der Waals surface area contributed by atoms with Crippen LogP contribution in [0.3, 0.4) is 0 Å². The summed E-state index contributed by atoms with van der Waals surface area (Å²) in [5, 5.41) is 5.71. The molecule has 1 atom stereocenters. The summed E-state index contributed by atoms with van der Waals surface area (Å²) in [5.41, 5.74) is 2.63. The Kier molecular flexibility index (Phi) is 7.63. The van der Waals surface area contributed by atoms with Crippen molar-refractivity contribution in [3.8, 4) is 5.75 Å². The molecule has 3 rings (SSSR count). The number of halogens is 1. The Bertz CT molecular complexity index is 974. The standard InChI is InChI=1S/C24H23BrN2O3/c1-17(28)26-23(19-7-9-20(25)10-8-19)15-24(29)27-21-11-13-22(14-12-21)30-16-18-5-3-2-4-6-18/h2-14,23H,15-16H2,1H3,(H,26,28)(H,27,29). The molecule has 2 amide bonds. The molecule has 3 aromatic rings. The molecular weight excluding hydrogens is 444 g/mol. The number of rotatable bonds is 8. The van der Waals surface area contributed by atoms with Crippen LogP contribution in [0.2, 0.25) is 0 Å². The summed E-state index contributed by atoms with van der Waals surface area (Å²) in [7, 11) is 0. The molecule has 0 heterocycles. The summed E-state index contributed by atoms with van der Waals surface area (Å²) in [6, 6.07) is 24.3. The average molecular weight is 467 g/mol. The molecule has 0 aliphatic heterocycles. The summed E-state index contributed by atoms with van der Waals surface area (Å²) in [4.78, 5) is 24.1. The van der Waals surface area contributed by atoms with Crippen LogP contribution in [-0.4, -0.2) is 11.8 Å². The van der Waals surface area contributed by atoms with Gasteiger partial charge >= 0.3 is 0 Å². The molecular formula is C24H23BrN2O3. The number of ether oxygens (including phenoxy) is 1. The fraction of sp³-hybridized carbons (Fsp3) is 0.167. The van der Waals surface area contributed by atoms with E-state index in [0.29, 0.717) is 12.3 Å². The molecule has 6 heteroatoms. The molecule has 30 heavy (non-hydrogen) atoms. The van der Waals surface area contributed by atoms with Crippen molar-refractivity contribution in [2.45, 2.75) is 26.0 Å². The first-order valence-corrected chi connectivity index (χ1v) is 10.4. The number of carbonyl (C=O) groups is 2. The lowest BCUT2D eigenvalue weighted by Gasteiger charge is -2.18. The average Bonchev–Trinajstić information content (AvgIpc) is 2.74. The van der Waals surface area contributed by atoms with E-state index in [2.05, 4.69) is 26.6 Å². The smallest absolute Gasteiger partial charge is 0.226 e. The summed E-state index contributed by atoms with van der Waals surface area (Å²) in [6.45, 7) is 1.93. The van der Waals surface area contributed by atoms with Crippen LogP contribution in [0.15, 0.2) is 83.3 Å². The Morgan fingerprint density at radius 3 is 2.23 bits per heavy atom. The van der Waals surface area contributed by atoms with Gasteiger partial charge in [-0.3, -0.25) is 9.59 Å². The third kappa shape index (κ3) is 6.74. The molecule has 0 aromatic heterocycles. The van der Waals surface area contributed by atoms with Crippen molar-refractivity contribution in [1.82, 2.24) is 5.32 Å².